The molecule has 0 saturated heterocycles. The summed E-state index contributed by atoms with van der Waals surface area (Å²) in [6.07, 6.45) is 5.35. The van der Waals surface area contributed by atoms with Gasteiger partial charge in [-0.25, -0.2) is 0 Å². The van der Waals surface area contributed by atoms with E-state index in [4.69, 9.17) is 0 Å². The Morgan fingerprint density at radius 2 is 2.00 bits per heavy atom. The largest absolute Gasteiger partial charge is 0.313 e. The summed E-state index contributed by atoms with van der Waals surface area (Å²) in [4.78, 5) is 8.61. The molecule has 1 aromatic carbocycles. The van der Waals surface area contributed by atoms with Gasteiger partial charge < -0.3 is 5.32 Å². The Hall–Kier alpha value is -1.92. The topological polar surface area (TPSA) is 37.8 Å². The number of hydrogen-bond acceptors (Lipinski definition) is 3. The van der Waals surface area contributed by atoms with Crippen molar-refractivity contribution in [2.45, 2.75) is 25.8 Å². The molecular weight excluding hydrogens is 222 g/mol. The van der Waals surface area contributed by atoms with Crippen molar-refractivity contribution in [1.82, 2.24) is 15.3 Å². The highest BCUT2D eigenvalue weighted by atomic mass is 14.9. The molecule has 0 aliphatic heterocycles. The van der Waals surface area contributed by atoms with E-state index in [9.17, 15) is 0 Å². The van der Waals surface area contributed by atoms with Gasteiger partial charge >= 0.3 is 0 Å². The van der Waals surface area contributed by atoms with E-state index in [2.05, 4.69) is 39.3 Å². The van der Waals surface area contributed by atoms with E-state index in [1.165, 1.54) is 5.56 Å². The molecule has 0 amide bonds. The molecule has 1 N–H and O–H groups in total. The first kappa shape index (κ1) is 12.5. The molecule has 1 aromatic heterocycles. The average Bonchev–Trinajstić information content (AvgIpc) is 2.43. The van der Waals surface area contributed by atoms with E-state index in [0.29, 0.717) is 6.04 Å². The molecule has 2 aromatic rings. The van der Waals surface area contributed by atoms with Gasteiger partial charge in [-0.15, -0.1) is 11.8 Å². The van der Waals surface area contributed by atoms with Gasteiger partial charge in [0.05, 0.1) is 11.0 Å². The monoisotopic (exact) mass is 239 g/mol. The second-order valence-corrected chi connectivity index (χ2v) is 4.11. The van der Waals surface area contributed by atoms with Crippen LogP contribution in [0.4, 0.5) is 0 Å². The summed E-state index contributed by atoms with van der Waals surface area (Å²) >= 11 is 0. The van der Waals surface area contributed by atoms with Gasteiger partial charge in [0.25, 0.3) is 0 Å². The van der Waals surface area contributed by atoms with Crippen LogP contribution in [0.1, 0.15) is 31.4 Å². The fourth-order valence-electron chi connectivity index (χ4n) is 2.02. The maximum atomic E-state index is 4.34. The summed E-state index contributed by atoms with van der Waals surface area (Å²) in [5.41, 5.74) is 3.12. The highest BCUT2D eigenvalue weighted by Gasteiger charge is 2.09. The Kier molecular flexibility index (Phi) is 4.27. The molecule has 0 fully saturated rings. The van der Waals surface area contributed by atoms with Crippen molar-refractivity contribution in [3.63, 3.8) is 0 Å². The van der Waals surface area contributed by atoms with Gasteiger partial charge in [0.15, 0.2) is 0 Å². The average molecular weight is 239 g/mol. The summed E-state index contributed by atoms with van der Waals surface area (Å²) in [5, 5.41) is 3.33. The van der Waals surface area contributed by atoms with Crippen molar-refractivity contribution in [3.05, 3.63) is 36.2 Å². The molecule has 3 heteroatoms. The molecule has 1 heterocycles. The molecule has 0 spiro atoms. The van der Waals surface area contributed by atoms with Crippen LogP contribution in [0.15, 0.2) is 30.6 Å². The van der Waals surface area contributed by atoms with Gasteiger partial charge in [0, 0.05) is 24.9 Å². The summed E-state index contributed by atoms with van der Waals surface area (Å²) in [6.45, 7) is 1.87. The number of fused-ring (bicyclic) bond motifs is 1. The van der Waals surface area contributed by atoms with Crippen molar-refractivity contribution >= 4 is 11.0 Å². The van der Waals surface area contributed by atoms with E-state index in [1.807, 2.05) is 20.0 Å². The van der Waals surface area contributed by atoms with Crippen LogP contribution in [0.5, 0.6) is 0 Å². The quantitative estimate of drug-likeness (QED) is 0.834. The highest BCUT2D eigenvalue weighted by molar-refractivity contribution is 5.74. The zero-order chi connectivity index (χ0) is 12.8. The van der Waals surface area contributed by atoms with Crippen molar-refractivity contribution < 1.29 is 0 Å². The fraction of sp³-hybridized carbons (Fsp3) is 0.333. The van der Waals surface area contributed by atoms with Crippen molar-refractivity contribution in [2.24, 2.45) is 0 Å². The van der Waals surface area contributed by atoms with Crippen LogP contribution < -0.4 is 5.32 Å². The predicted molar refractivity (Wildman–Crippen MR) is 74.0 cm³/mol. The molecule has 0 aliphatic rings. The maximum absolute atomic E-state index is 4.34. The SMILES string of the molecule is CC#CCCC(NC)c1ccc2nccnc2c1. The minimum absolute atomic E-state index is 0.317. The maximum Gasteiger partial charge on any atom is 0.0890 e. The predicted octanol–water partition coefficient (Wildman–Crippen LogP) is 2.69. The van der Waals surface area contributed by atoms with Crippen molar-refractivity contribution in [3.8, 4) is 11.8 Å². The van der Waals surface area contributed by atoms with Crippen molar-refractivity contribution in [1.29, 1.82) is 0 Å². The molecule has 3 nitrogen and oxygen atoms in total. The molecule has 0 aliphatic carbocycles. The molecule has 1 unspecified atom stereocenters. The number of nitrogens with one attached hydrogen (secondary N) is 1. The van der Waals surface area contributed by atoms with Gasteiger partial charge in [-0.2, -0.15) is 0 Å². The lowest BCUT2D eigenvalue weighted by molar-refractivity contribution is 0.559. The van der Waals surface area contributed by atoms with E-state index < -0.39 is 0 Å². The van der Waals surface area contributed by atoms with Gasteiger partial charge in [0.1, 0.15) is 0 Å². The second-order valence-electron chi connectivity index (χ2n) is 4.11. The first-order valence-corrected chi connectivity index (χ1v) is 6.12. The third kappa shape index (κ3) is 2.85. The Morgan fingerprint density at radius 1 is 1.22 bits per heavy atom. The van der Waals surface area contributed by atoms with E-state index >= 15 is 0 Å². The summed E-state index contributed by atoms with van der Waals surface area (Å²) in [5.74, 6) is 6.03. The van der Waals surface area contributed by atoms with Crippen LogP contribution in [-0.2, 0) is 0 Å². The van der Waals surface area contributed by atoms with Crippen LogP contribution in [0.2, 0.25) is 0 Å². The lowest BCUT2D eigenvalue weighted by Gasteiger charge is -2.15. The number of nitrogens with zero attached hydrogens (tertiary/aromatic N) is 2. The summed E-state index contributed by atoms with van der Waals surface area (Å²) < 4.78 is 0. The Bertz CT molecular complexity index is 581. The standard InChI is InChI=1S/C15H17N3/c1-3-4-5-6-13(16-2)12-7-8-14-15(11-12)18-10-9-17-14/h7-11,13,16H,5-6H2,1-2H3. The molecule has 0 radical (unpaired) electrons. The molecule has 0 saturated carbocycles. The van der Waals surface area contributed by atoms with E-state index in [-0.39, 0.29) is 0 Å². The fourth-order valence-corrected chi connectivity index (χ4v) is 2.02. The molecule has 92 valence electrons. The zero-order valence-corrected chi connectivity index (χ0v) is 10.8. The number of hydrogen-bond donors (Lipinski definition) is 1. The lowest BCUT2D eigenvalue weighted by Crippen LogP contribution is -2.16. The highest BCUT2D eigenvalue weighted by Crippen LogP contribution is 2.21. The van der Waals surface area contributed by atoms with Gasteiger partial charge in [-0.1, -0.05) is 6.07 Å². The lowest BCUT2D eigenvalue weighted by atomic mass is 10.0. The third-order valence-electron chi connectivity index (χ3n) is 2.98. The second kappa shape index (κ2) is 6.13. The summed E-state index contributed by atoms with van der Waals surface area (Å²) in [6, 6.07) is 6.55. The minimum atomic E-state index is 0.317. The number of benzene rings is 1. The van der Waals surface area contributed by atoms with Crippen LogP contribution >= 0.6 is 0 Å². The number of aromatic nitrogens is 2. The molecular formula is C15H17N3. The smallest absolute Gasteiger partial charge is 0.0890 e. The van der Waals surface area contributed by atoms with E-state index in [1.54, 1.807) is 12.4 Å². The molecule has 2 rings (SSSR count). The Balaban J connectivity index is 2.23. The van der Waals surface area contributed by atoms with Crippen LogP contribution in [-0.4, -0.2) is 17.0 Å². The molecule has 18 heavy (non-hydrogen) atoms. The van der Waals surface area contributed by atoms with Crippen LogP contribution in [0.25, 0.3) is 11.0 Å². The van der Waals surface area contributed by atoms with Gasteiger partial charge in [-0.3, -0.25) is 9.97 Å². The zero-order valence-electron chi connectivity index (χ0n) is 10.8. The van der Waals surface area contributed by atoms with Gasteiger partial charge in [-0.05, 0) is 38.1 Å². The van der Waals surface area contributed by atoms with Gasteiger partial charge in [0.2, 0.25) is 0 Å². The molecule has 0 bridgehead atoms. The summed E-state index contributed by atoms with van der Waals surface area (Å²) in [7, 11) is 1.98. The first-order valence-electron chi connectivity index (χ1n) is 6.12. The first-order chi connectivity index (χ1) is 8.85. The van der Waals surface area contributed by atoms with E-state index in [0.717, 1.165) is 23.9 Å². The van der Waals surface area contributed by atoms with Crippen LogP contribution in [0, 0.1) is 11.8 Å². The minimum Gasteiger partial charge on any atom is -0.313 e. The Labute approximate surface area is 108 Å². The molecule has 1 atom stereocenters. The van der Waals surface area contributed by atoms with Crippen LogP contribution in [0.3, 0.4) is 0 Å². The van der Waals surface area contributed by atoms with Crippen molar-refractivity contribution in [2.75, 3.05) is 7.05 Å². The Morgan fingerprint density at radius 3 is 2.72 bits per heavy atom. The third-order valence-corrected chi connectivity index (χ3v) is 2.98. The number of rotatable bonds is 4. The normalized spacial score (nSPS) is 11.9.